The molecule has 21 heavy (non-hydrogen) atoms. The number of rotatable bonds is 7. The van der Waals surface area contributed by atoms with E-state index in [1.807, 2.05) is 0 Å². The van der Waals surface area contributed by atoms with E-state index in [0.29, 0.717) is 6.54 Å². The largest absolute Gasteiger partial charge is 0.478 e. The highest BCUT2D eigenvalue weighted by molar-refractivity contribution is 5.90. The SMILES string of the molecule is O=C(O)c1ccc([N+](=O)[O-])c(NCCNC(=O)C2CC2)c1. The Hall–Kier alpha value is -2.64. The van der Waals surface area contributed by atoms with Gasteiger partial charge in [-0.05, 0) is 25.0 Å². The first-order valence-corrected chi connectivity index (χ1v) is 6.52. The molecule has 1 aliphatic carbocycles. The monoisotopic (exact) mass is 293 g/mol. The van der Waals surface area contributed by atoms with Crippen molar-refractivity contribution in [3.8, 4) is 0 Å². The van der Waals surface area contributed by atoms with Crippen LogP contribution in [-0.2, 0) is 4.79 Å². The Morgan fingerprint density at radius 2 is 2.05 bits per heavy atom. The fourth-order valence-corrected chi connectivity index (χ4v) is 1.84. The van der Waals surface area contributed by atoms with Crippen LogP contribution < -0.4 is 10.6 Å². The maximum atomic E-state index is 11.4. The summed E-state index contributed by atoms with van der Waals surface area (Å²) in [4.78, 5) is 32.6. The first-order chi connectivity index (χ1) is 9.99. The quantitative estimate of drug-likeness (QED) is 0.395. The second kappa shape index (κ2) is 6.21. The smallest absolute Gasteiger partial charge is 0.335 e. The van der Waals surface area contributed by atoms with Crippen LogP contribution in [0.15, 0.2) is 18.2 Å². The van der Waals surface area contributed by atoms with Gasteiger partial charge in [0.05, 0.1) is 10.5 Å². The van der Waals surface area contributed by atoms with Gasteiger partial charge in [-0.15, -0.1) is 0 Å². The summed E-state index contributed by atoms with van der Waals surface area (Å²) in [6.07, 6.45) is 1.82. The molecule has 3 N–H and O–H groups in total. The fraction of sp³-hybridized carbons (Fsp3) is 0.385. The molecule has 1 saturated carbocycles. The Morgan fingerprint density at radius 3 is 2.62 bits per heavy atom. The van der Waals surface area contributed by atoms with Crippen LogP contribution in [0.3, 0.4) is 0 Å². The number of benzene rings is 1. The van der Waals surface area contributed by atoms with Crippen molar-refractivity contribution in [2.45, 2.75) is 12.8 Å². The Bertz CT molecular complexity index is 583. The molecule has 1 amide bonds. The molecule has 1 aromatic carbocycles. The number of nitro groups is 1. The molecule has 1 aliphatic rings. The van der Waals surface area contributed by atoms with Crippen molar-refractivity contribution in [1.29, 1.82) is 0 Å². The molecule has 8 heteroatoms. The van der Waals surface area contributed by atoms with Crippen LogP contribution >= 0.6 is 0 Å². The summed E-state index contributed by atoms with van der Waals surface area (Å²) in [6, 6.07) is 3.54. The third-order valence-electron chi connectivity index (χ3n) is 3.13. The first kappa shape index (κ1) is 14.8. The van der Waals surface area contributed by atoms with Gasteiger partial charge in [0.25, 0.3) is 5.69 Å². The summed E-state index contributed by atoms with van der Waals surface area (Å²) in [5, 5.41) is 25.3. The maximum absolute atomic E-state index is 11.4. The molecular weight excluding hydrogens is 278 g/mol. The molecule has 112 valence electrons. The van der Waals surface area contributed by atoms with Crippen LogP contribution in [0.2, 0.25) is 0 Å². The molecule has 1 aromatic rings. The molecule has 0 heterocycles. The van der Waals surface area contributed by atoms with Crippen LogP contribution in [0.1, 0.15) is 23.2 Å². The first-order valence-electron chi connectivity index (χ1n) is 6.52. The standard InChI is InChI=1S/C13H15N3O5/c17-12(8-1-2-8)15-6-5-14-10-7-9(13(18)19)3-4-11(10)16(20)21/h3-4,7-8,14H,1-2,5-6H2,(H,15,17)(H,18,19). The van der Waals surface area contributed by atoms with Crippen molar-refractivity contribution in [3.05, 3.63) is 33.9 Å². The zero-order chi connectivity index (χ0) is 15.4. The average Bonchev–Trinajstić information content (AvgIpc) is 3.27. The highest BCUT2D eigenvalue weighted by Gasteiger charge is 2.29. The Labute approximate surface area is 120 Å². The maximum Gasteiger partial charge on any atom is 0.335 e. The van der Waals surface area contributed by atoms with E-state index in [-0.39, 0.29) is 35.3 Å². The number of carboxylic acid groups (broad SMARTS) is 1. The summed E-state index contributed by atoms with van der Waals surface area (Å²) in [5.41, 5.74) is -0.112. The second-order valence-corrected chi connectivity index (χ2v) is 4.79. The lowest BCUT2D eigenvalue weighted by Crippen LogP contribution is -2.29. The lowest BCUT2D eigenvalue weighted by molar-refractivity contribution is -0.384. The predicted molar refractivity (Wildman–Crippen MR) is 74.3 cm³/mol. The number of hydrogen-bond acceptors (Lipinski definition) is 5. The summed E-state index contributed by atoms with van der Waals surface area (Å²) >= 11 is 0. The molecule has 0 aromatic heterocycles. The Morgan fingerprint density at radius 1 is 1.33 bits per heavy atom. The number of anilines is 1. The molecule has 8 nitrogen and oxygen atoms in total. The molecule has 2 rings (SSSR count). The third-order valence-corrected chi connectivity index (χ3v) is 3.13. The van der Waals surface area contributed by atoms with Gasteiger partial charge in [0, 0.05) is 25.1 Å². The minimum Gasteiger partial charge on any atom is -0.478 e. The van der Waals surface area contributed by atoms with Gasteiger partial charge in [0.2, 0.25) is 5.91 Å². The summed E-state index contributed by atoms with van der Waals surface area (Å²) < 4.78 is 0. The van der Waals surface area contributed by atoms with Crippen LogP contribution in [0.4, 0.5) is 11.4 Å². The molecule has 0 bridgehead atoms. The van der Waals surface area contributed by atoms with Crippen LogP contribution in [0.5, 0.6) is 0 Å². The minimum absolute atomic E-state index is 0.00872. The Balaban J connectivity index is 1.96. The number of nitrogens with zero attached hydrogens (tertiary/aromatic N) is 1. The van der Waals surface area contributed by atoms with Crippen LogP contribution in [0, 0.1) is 16.0 Å². The average molecular weight is 293 g/mol. The van der Waals surface area contributed by atoms with E-state index in [4.69, 9.17) is 5.11 Å². The van der Waals surface area contributed by atoms with E-state index in [9.17, 15) is 19.7 Å². The summed E-state index contributed by atoms with van der Waals surface area (Å²) in [5.74, 6) is -1.06. The summed E-state index contributed by atoms with van der Waals surface area (Å²) in [6.45, 7) is 0.603. The van der Waals surface area contributed by atoms with Crippen molar-refractivity contribution in [2.75, 3.05) is 18.4 Å². The zero-order valence-electron chi connectivity index (χ0n) is 11.2. The number of aromatic carboxylic acids is 1. The number of nitrogens with one attached hydrogen (secondary N) is 2. The predicted octanol–water partition coefficient (Wildman–Crippen LogP) is 1.23. The highest BCUT2D eigenvalue weighted by atomic mass is 16.6. The van der Waals surface area contributed by atoms with Gasteiger partial charge in [-0.2, -0.15) is 0 Å². The van der Waals surface area contributed by atoms with Gasteiger partial charge in [0.1, 0.15) is 5.69 Å². The minimum atomic E-state index is -1.16. The topological polar surface area (TPSA) is 122 Å². The Kier molecular flexibility index (Phi) is 4.36. The molecule has 0 aliphatic heterocycles. The highest BCUT2D eigenvalue weighted by Crippen LogP contribution is 2.28. The molecule has 0 unspecified atom stereocenters. The van der Waals surface area contributed by atoms with E-state index < -0.39 is 10.9 Å². The van der Waals surface area contributed by atoms with Crippen molar-refractivity contribution >= 4 is 23.3 Å². The number of hydrogen-bond donors (Lipinski definition) is 3. The van der Waals surface area contributed by atoms with E-state index in [1.54, 1.807) is 0 Å². The second-order valence-electron chi connectivity index (χ2n) is 4.79. The van der Waals surface area contributed by atoms with Gasteiger partial charge in [0.15, 0.2) is 0 Å². The van der Waals surface area contributed by atoms with Gasteiger partial charge in [-0.1, -0.05) is 0 Å². The number of carboxylic acids is 1. The summed E-state index contributed by atoms with van der Waals surface area (Å²) in [7, 11) is 0. The molecular formula is C13H15N3O5. The fourth-order valence-electron chi connectivity index (χ4n) is 1.84. The van der Waals surface area contributed by atoms with Crippen LogP contribution in [0.25, 0.3) is 0 Å². The van der Waals surface area contributed by atoms with Crippen molar-refractivity contribution in [1.82, 2.24) is 5.32 Å². The molecule has 0 spiro atoms. The molecule has 0 atom stereocenters. The number of carbonyl (C=O) groups excluding carboxylic acids is 1. The van der Waals surface area contributed by atoms with Gasteiger partial charge >= 0.3 is 5.97 Å². The number of carbonyl (C=O) groups is 2. The lowest BCUT2D eigenvalue weighted by atomic mass is 10.1. The molecule has 1 fully saturated rings. The van der Waals surface area contributed by atoms with Crippen molar-refractivity contribution in [2.24, 2.45) is 5.92 Å². The van der Waals surface area contributed by atoms with Gasteiger partial charge < -0.3 is 15.7 Å². The normalized spacial score (nSPS) is 13.5. The number of amides is 1. The molecule has 0 saturated heterocycles. The van der Waals surface area contributed by atoms with E-state index >= 15 is 0 Å². The van der Waals surface area contributed by atoms with Gasteiger partial charge in [-0.3, -0.25) is 14.9 Å². The van der Waals surface area contributed by atoms with Crippen molar-refractivity contribution < 1.29 is 19.6 Å². The zero-order valence-corrected chi connectivity index (χ0v) is 11.2. The van der Waals surface area contributed by atoms with E-state index in [1.165, 1.54) is 12.1 Å². The van der Waals surface area contributed by atoms with Crippen LogP contribution in [-0.4, -0.2) is 35.0 Å². The van der Waals surface area contributed by atoms with Crippen molar-refractivity contribution in [3.63, 3.8) is 0 Å². The third kappa shape index (κ3) is 3.91. The lowest BCUT2D eigenvalue weighted by Gasteiger charge is -2.09. The molecule has 0 radical (unpaired) electrons. The number of nitro benzene ring substituents is 1. The van der Waals surface area contributed by atoms with E-state index in [2.05, 4.69) is 10.6 Å². The van der Waals surface area contributed by atoms with Gasteiger partial charge in [-0.25, -0.2) is 4.79 Å². The van der Waals surface area contributed by atoms with E-state index in [0.717, 1.165) is 18.9 Å².